The van der Waals surface area contributed by atoms with Gasteiger partial charge in [0.1, 0.15) is 5.75 Å². The van der Waals surface area contributed by atoms with E-state index in [1.165, 1.54) is 0 Å². The zero-order valence-electron chi connectivity index (χ0n) is 18.3. The molecular weight excluding hydrogens is 408 g/mol. The van der Waals surface area contributed by atoms with E-state index in [9.17, 15) is 9.59 Å². The summed E-state index contributed by atoms with van der Waals surface area (Å²) >= 11 is 1.62. The normalized spacial score (nSPS) is 11.1. The molecule has 1 N–H and O–H groups in total. The van der Waals surface area contributed by atoms with Crippen LogP contribution in [0, 0.1) is 5.41 Å². The van der Waals surface area contributed by atoms with E-state index in [1.807, 2.05) is 62.5 Å². The van der Waals surface area contributed by atoms with E-state index in [0.717, 1.165) is 16.2 Å². The number of nitrogens with one attached hydrogen (secondary N) is 1. The average molecular weight is 437 g/mol. The third kappa shape index (κ3) is 5.95. The van der Waals surface area contributed by atoms with Gasteiger partial charge in [0, 0.05) is 27.1 Å². The summed E-state index contributed by atoms with van der Waals surface area (Å²) in [5, 5.41) is 4.91. The van der Waals surface area contributed by atoms with Crippen LogP contribution in [0.3, 0.4) is 0 Å². The number of methoxy groups -OCH3 is 1. The Bertz CT molecular complexity index is 1040. The van der Waals surface area contributed by atoms with Crippen LogP contribution in [0.1, 0.15) is 41.6 Å². The molecule has 3 aromatic rings. The van der Waals surface area contributed by atoms with Crippen molar-refractivity contribution in [3.05, 3.63) is 82.0 Å². The van der Waals surface area contributed by atoms with Gasteiger partial charge in [-0.05, 0) is 35.7 Å². The summed E-state index contributed by atoms with van der Waals surface area (Å²) in [6.07, 6.45) is 0. The highest BCUT2D eigenvalue weighted by Crippen LogP contribution is 2.24. The Hall–Kier alpha value is -3.12. The first kappa shape index (κ1) is 22.6. The molecule has 1 heterocycles. The quantitative estimate of drug-likeness (QED) is 0.526. The minimum absolute atomic E-state index is 0.0958. The van der Waals surface area contributed by atoms with E-state index < -0.39 is 5.41 Å². The fourth-order valence-electron chi connectivity index (χ4n) is 3.06. The number of ether oxygens (including phenoxy) is 1. The lowest BCUT2D eigenvalue weighted by Gasteiger charge is -2.24. The molecule has 1 aromatic heterocycles. The summed E-state index contributed by atoms with van der Waals surface area (Å²) in [6.45, 7) is 6.47. The summed E-state index contributed by atoms with van der Waals surface area (Å²) in [4.78, 5) is 28.7. The molecule has 0 unspecified atom stereocenters. The third-order valence-corrected chi connectivity index (χ3v) is 5.68. The Kier molecular flexibility index (Phi) is 7.13. The first-order chi connectivity index (χ1) is 14.8. The second-order valence-corrected chi connectivity index (χ2v) is 9.37. The zero-order chi connectivity index (χ0) is 22.4. The van der Waals surface area contributed by atoms with Gasteiger partial charge in [-0.1, -0.05) is 51.1 Å². The lowest BCUT2D eigenvalue weighted by atomic mass is 9.95. The van der Waals surface area contributed by atoms with Gasteiger partial charge in [-0.25, -0.2) is 0 Å². The molecule has 3 rings (SSSR count). The molecule has 31 heavy (non-hydrogen) atoms. The number of carbonyl (C=O) groups is 2. The van der Waals surface area contributed by atoms with Gasteiger partial charge in [0.25, 0.3) is 5.91 Å². The number of hydrogen-bond acceptors (Lipinski definition) is 4. The second kappa shape index (κ2) is 9.79. The lowest BCUT2D eigenvalue weighted by molar-refractivity contribution is -0.123. The van der Waals surface area contributed by atoms with E-state index in [0.29, 0.717) is 24.3 Å². The van der Waals surface area contributed by atoms with Crippen LogP contribution in [-0.2, 0) is 17.9 Å². The molecule has 0 aliphatic rings. The van der Waals surface area contributed by atoms with Gasteiger partial charge in [0.15, 0.2) is 0 Å². The fraction of sp³-hybridized carbons (Fsp3) is 0.280. The van der Waals surface area contributed by atoms with Crippen molar-refractivity contribution in [3.8, 4) is 5.75 Å². The number of thiophene rings is 1. The predicted molar refractivity (Wildman–Crippen MR) is 125 cm³/mol. The van der Waals surface area contributed by atoms with Crippen LogP contribution in [0.5, 0.6) is 5.75 Å². The van der Waals surface area contributed by atoms with Gasteiger partial charge >= 0.3 is 0 Å². The van der Waals surface area contributed by atoms with E-state index in [2.05, 4.69) is 5.32 Å². The molecule has 0 spiro atoms. The number of benzene rings is 2. The van der Waals surface area contributed by atoms with Crippen LogP contribution < -0.4 is 10.1 Å². The maximum absolute atomic E-state index is 13.5. The van der Waals surface area contributed by atoms with E-state index >= 15 is 0 Å². The molecule has 162 valence electrons. The molecule has 0 saturated heterocycles. The minimum Gasteiger partial charge on any atom is -0.496 e. The van der Waals surface area contributed by atoms with Crippen LogP contribution in [0.4, 0.5) is 5.69 Å². The van der Waals surface area contributed by atoms with Crippen molar-refractivity contribution < 1.29 is 14.3 Å². The second-order valence-electron chi connectivity index (χ2n) is 8.34. The number of rotatable bonds is 7. The molecule has 0 aliphatic carbocycles. The Morgan fingerprint density at radius 2 is 1.77 bits per heavy atom. The molecule has 0 radical (unpaired) electrons. The van der Waals surface area contributed by atoms with Crippen LogP contribution in [0.2, 0.25) is 0 Å². The molecule has 0 fully saturated rings. The van der Waals surface area contributed by atoms with E-state index in [4.69, 9.17) is 4.74 Å². The van der Waals surface area contributed by atoms with Gasteiger partial charge in [0.05, 0.1) is 20.2 Å². The largest absolute Gasteiger partial charge is 0.496 e. The van der Waals surface area contributed by atoms with Gasteiger partial charge in [-0.3, -0.25) is 9.59 Å². The first-order valence-electron chi connectivity index (χ1n) is 10.1. The lowest BCUT2D eigenvalue weighted by Crippen LogP contribution is -2.30. The molecule has 2 amide bonds. The van der Waals surface area contributed by atoms with Crippen molar-refractivity contribution in [3.63, 3.8) is 0 Å². The highest BCUT2D eigenvalue weighted by Gasteiger charge is 2.22. The summed E-state index contributed by atoms with van der Waals surface area (Å²) < 4.78 is 5.48. The Balaban J connectivity index is 1.87. The summed E-state index contributed by atoms with van der Waals surface area (Å²) in [5.74, 6) is 0.547. The van der Waals surface area contributed by atoms with Crippen molar-refractivity contribution in [1.82, 2.24) is 4.90 Å². The predicted octanol–water partition coefficient (Wildman–Crippen LogP) is 5.58. The highest BCUT2D eigenvalue weighted by molar-refractivity contribution is 7.09. The number of anilines is 1. The summed E-state index contributed by atoms with van der Waals surface area (Å²) in [6, 6.07) is 18.8. The Labute approximate surface area is 187 Å². The summed E-state index contributed by atoms with van der Waals surface area (Å²) in [7, 11) is 1.63. The highest BCUT2D eigenvalue weighted by atomic mass is 32.1. The van der Waals surface area contributed by atoms with Crippen LogP contribution in [-0.4, -0.2) is 23.8 Å². The molecular formula is C25H28N2O3S. The molecule has 0 saturated carbocycles. The van der Waals surface area contributed by atoms with Crippen molar-refractivity contribution in [1.29, 1.82) is 0 Å². The van der Waals surface area contributed by atoms with Crippen LogP contribution >= 0.6 is 11.3 Å². The molecule has 0 aliphatic heterocycles. The third-order valence-electron chi connectivity index (χ3n) is 4.82. The first-order valence-corrected chi connectivity index (χ1v) is 11.0. The van der Waals surface area contributed by atoms with Crippen LogP contribution in [0.15, 0.2) is 66.0 Å². The topological polar surface area (TPSA) is 58.6 Å². The van der Waals surface area contributed by atoms with Gasteiger partial charge in [-0.15, -0.1) is 11.3 Å². The molecule has 0 atom stereocenters. The van der Waals surface area contributed by atoms with Crippen molar-refractivity contribution in [2.45, 2.75) is 33.9 Å². The molecule has 6 heteroatoms. The number of carbonyl (C=O) groups excluding carboxylic acids is 2. The minimum atomic E-state index is -0.519. The van der Waals surface area contributed by atoms with Gasteiger partial charge < -0.3 is 15.0 Å². The maximum atomic E-state index is 13.5. The van der Waals surface area contributed by atoms with E-state index in [-0.39, 0.29) is 11.8 Å². The zero-order valence-corrected chi connectivity index (χ0v) is 19.2. The van der Waals surface area contributed by atoms with Crippen molar-refractivity contribution in [2.75, 3.05) is 12.4 Å². The molecule has 0 bridgehead atoms. The number of amides is 2. The average Bonchev–Trinajstić information content (AvgIpc) is 3.26. The standard InChI is InChI=1S/C25H28N2O3S/c1-25(2,3)24(29)26-20-11-7-10-18(15-20)23(28)27(17-21-12-8-14-31-21)16-19-9-5-6-13-22(19)30-4/h5-15H,16-17H2,1-4H3,(H,26,29). The fourth-order valence-corrected chi connectivity index (χ4v) is 3.78. The van der Waals surface area contributed by atoms with Gasteiger partial charge in [0.2, 0.25) is 5.91 Å². The number of para-hydroxylation sites is 1. The Morgan fingerprint density at radius 3 is 2.45 bits per heavy atom. The van der Waals surface area contributed by atoms with Crippen molar-refractivity contribution in [2.24, 2.45) is 5.41 Å². The van der Waals surface area contributed by atoms with Gasteiger partial charge in [-0.2, -0.15) is 0 Å². The SMILES string of the molecule is COc1ccccc1CN(Cc1cccs1)C(=O)c1cccc(NC(=O)C(C)(C)C)c1. The van der Waals surface area contributed by atoms with E-state index in [1.54, 1.807) is 47.6 Å². The van der Waals surface area contributed by atoms with Crippen molar-refractivity contribution >= 4 is 28.8 Å². The maximum Gasteiger partial charge on any atom is 0.254 e. The van der Waals surface area contributed by atoms with Crippen LogP contribution in [0.25, 0.3) is 0 Å². The number of hydrogen-bond donors (Lipinski definition) is 1. The molecule has 5 nitrogen and oxygen atoms in total. The Morgan fingerprint density at radius 1 is 1.00 bits per heavy atom. The number of nitrogens with zero attached hydrogens (tertiary/aromatic N) is 1. The monoisotopic (exact) mass is 436 g/mol. The smallest absolute Gasteiger partial charge is 0.254 e. The molecule has 2 aromatic carbocycles. The summed E-state index contributed by atoms with van der Waals surface area (Å²) in [5.41, 5.74) is 1.55.